The Hall–Kier alpha value is -4.52. The van der Waals surface area contributed by atoms with Crippen LogP contribution in [0.2, 0.25) is 0 Å². The third kappa shape index (κ3) is 7.24. The maximum atomic E-state index is 14.3. The fraction of sp³-hybridized carbons (Fsp3) is 0.471. The van der Waals surface area contributed by atoms with E-state index in [4.69, 9.17) is 19.4 Å². The number of aromatic nitrogens is 2. The van der Waals surface area contributed by atoms with E-state index in [1.54, 1.807) is 41.5 Å². The van der Waals surface area contributed by atoms with Gasteiger partial charge in [0.25, 0.3) is 0 Å². The van der Waals surface area contributed by atoms with Gasteiger partial charge < -0.3 is 30.1 Å². The van der Waals surface area contributed by atoms with Gasteiger partial charge in [0.15, 0.2) is 0 Å². The van der Waals surface area contributed by atoms with Crippen molar-refractivity contribution in [2.45, 2.75) is 83.7 Å². The van der Waals surface area contributed by atoms with Crippen LogP contribution in [0, 0.1) is 11.3 Å². The molecule has 3 aromatic rings. The van der Waals surface area contributed by atoms with Crippen LogP contribution in [0.25, 0.3) is 21.6 Å². The van der Waals surface area contributed by atoms with Crippen molar-refractivity contribution < 1.29 is 33.8 Å². The van der Waals surface area contributed by atoms with Crippen LogP contribution in [0.15, 0.2) is 54.4 Å². The van der Waals surface area contributed by atoms with Crippen LogP contribution in [-0.2, 0) is 19.1 Å². The number of carbonyl (C=O) groups excluding carboxylic acids is 3. The smallest absolute Gasteiger partial charge is 0.408 e. The average Bonchev–Trinajstić information content (AvgIpc) is 3.29. The monoisotopic (exact) mass is 663 g/mol. The number of fused-ring (bicyclic) bond motifs is 1. The molecule has 1 aromatic carbocycles. The molecule has 13 heteroatoms. The Kier molecular flexibility index (Phi) is 9.06. The quantitative estimate of drug-likeness (QED) is 0.274. The molecule has 3 N–H and O–H groups in total. The average molecular weight is 664 g/mol. The third-order valence-corrected chi connectivity index (χ3v) is 9.10. The third-order valence-electron chi connectivity index (χ3n) is 8.22. The molecule has 2 aromatic heterocycles. The first kappa shape index (κ1) is 33.8. The van der Waals surface area contributed by atoms with Crippen molar-refractivity contribution in [2.75, 3.05) is 6.54 Å². The maximum absolute atomic E-state index is 14.3. The molecule has 12 nitrogen and oxygen atoms in total. The standard InChI is InChI=1S/C34H41N5O7S/c1-8-19-17-34(19,30(42)43)38-27(40)23-16-20(18-39(23)29(41)26(32(2,3)4)37-31(44)46-33(5,6)7)45-28-25(24-14-11-15-47-24)35-21-12-9-10-13-22(21)36-28/h8-15,19-20,23,26H,1,16-18H2,2-7H3,(H,37,44)(H,38,40)(H,42,43)/t19-,20-,23+,26-,34-/m1/s1. The van der Waals surface area contributed by atoms with Crippen molar-refractivity contribution in [3.63, 3.8) is 0 Å². The first-order valence-electron chi connectivity index (χ1n) is 15.5. The number of rotatable bonds is 9. The Labute approximate surface area is 277 Å². The van der Waals surface area contributed by atoms with Crippen LogP contribution in [0.3, 0.4) is 0 Å². The van der Waals surface area contributed by atoms with Crippen molar-refractivity contribution in [3.05, 3.63) is 54.4 Å². The fourth-order valence-electron chi connectivity index (χ4n) is 5.73. The van der Waals surface area contributed by atoms with E-state index >= 15 is 0 Å². The molecule has 3 heterocycles. The number of likely N-dealkylation sites (tertiary alicyclic amines) is 1. The van der Waals surface area contributed by atoms with Crippen LogP contribution in [0.1, 0.15) is 54.4 Å². The Morgan fingerprint density at radius 1 is 1.09 bits per heavy atom. The Bertz CT molecular complexity index is 1700. The van der Waals surface area contributed by atoms with E-state index in [0.717, 1.165) is 4.88 Å². The number of nitrogens with zero attached hydrogens (tertiary/aromatic N) is 3. The van der Waals surface area contributed by atoms with Gasteiger partial charge in [-0.1, -0.05) is 45.0 Å². The predicted octanol–water partition coefficient (Wildman–Crippen LogP) is 4.79. The number of carbonyl (C=O) groups is 4. The number of carboxylic acid groups (broad SMARTS) is 1. The van der Waals surface area contributed by atoms with Gasteiger partial charge in [-0.3, -0.25) is 9.59 Å². The molecule has 47 heavy (non-hydrogen) atoms. The van der Waals surface area contributed by atoms with Crippen molar-refractivity contribution in [2.24, 2.45) is 11.3 Å². The van der Waals surface area contributed by atoms with E-state index in [0.29, 0.717) is 16.7 Å². The molecular weight excluding hydrogens is 622 g/mol. The van der Waals surface area contributed by atoms with Crippen molar-refractivity contribution in [3.8, 4) is 16.5 Å². The summed E-state index contributed by atoms with van der Waals surface area (Å²) in [6, 6.07) is 9.02. The Morgan fingerprint density at radius 3 is 2.32 bits per heavy atom. The van der Waals surface area contributed by atoms with E-state index in [1.165, 1.54) is 22.3 Å². The van der Waals surface area contributed by atoms with E-state index in [1.807, 2.05) is 41.8 Å². The highest BCUT2D eigenvalue weighted by molar-refractivity contribution is 7.13. The number of amides is 3. The molecular formula is C34H41N5O7S. The van der Waals surface area contributed by atoms with E-state index in [9.17, 15) is 24.3 Å². The molecule has 5 atom stereocenters. The molecule has 0 spiro atoms. The summed E-state index contributed by atoms with van der Waals surface area (Å²) < 4.78 is 11.9. The molecule has 2 fully saturated rings. The summed E-state index contributed by atoms with van der Waals surface area (Å²) in [5.74, 6) is -2.54. The summed E-state index contributed by atoms with van der Waals surface area (Å²) in [5, 5.41) is 17.3. The maximum Gasteiger partial charge on any atom is 0.408 e. The molecule has 0 radical (unpaired) electrons. The van der Waals surface area contributed by atoms with Crippen molar-refractivity contribution >= 4 is 46.2 Å². The first-order chi connectivity index (χ1) is 22.0. The second-order valence-corrected chi connectivity index (χ2v) is 15.0. The van der Waals surface area contributed by atoms with Crippen LogP contribution >= 0.6 is 11.3 Å². The number of nitrogens with one attached hydrogen (secondary N) is 2. The lowest BCUT2D eigenvalue weighted by Gasteiger charge is -2.35. The summed E-state index contributed by atoms with van der Waals surface area (Å²) in [6.45, 7) is 14.2. The number of benzene rings is 1. The van der Waals surface area contributed by atoms with Crippen LogP contribution < -0.4 is 15.4 Å². The number of aliphatic carboxylic acids is 1. The molecule has 1 aliphatic heterocycles. The predicted molar refractivity (Wildman–Crippen MR) is 177 cm³/mol. The Morgan fingerprint density at radius 2 is 1.77 bits per heavy atom. The molecule has 2 aliphatic rings. The zero-order valence-electron chi connectivity index (χ0n) is 27.4. The normalized spacial score (nSPS) is 23.1. The van der Waals surface area contributed by atoms with E-state index in [2.05, 4.69) is 17.2 Å². The highest BCUT2D eigenvalue weighted by atomic mass is 32.1. The minimum Gasteiger partial charge on any atom is -0.479 e. The van der Waals surface area contributed by atoms with Gasteiger partial charge in [-0.05, 0) is 56.2 Å². The fourth-order valence-corrected chi connectivity index (χ4v) is 6.44. The number of hydrogen-bond donors (Lipinski definition) is 3. The lowest BCUT2D eigenvalue weighted by Crippen LogP contribution is -2.59. The largest absolute Gasteiger partial charge is 0.479 e. The highest BCUT2D eigenvalue weighted by Gasteiger charge is 2.61. The van der Waals surface area contributed by atoms with Gasteiger partial charge in [-0.25, -0.2) is 19.6 Å². The van der Waals surface area contributed by atoms with Gasteiger partial charge >= 0.3 is 12.1 Å². The molecule has 0 unspecified atom stereocenters. The summed E-state index contributed by atoms with van der Waals surface area (Å²) in [5.41, 5.74) is -1.25. The van der Waals surface area contributed by atoms with Crippen molar-refractivity contribution in [1.29, 1.82) is 0 Å². The van der Waals surface area contributed by atoms with Gasteiger partial charge in [-0.15, -0.1) is 17.9 Å². The summed E-state index contributed by atoms with van der Waals surface area (Å²) in [4.78, 5) is 65.0. The number of ether oxygens (including phenoxy) is 2. The van der Waals surface area contributed by atoms with Gasteiger partial charge in [0.05, 0.1) is 22.5 Å². The SMILES string of the molecule is C=C[C@@H]1C[C@]1(NC(=O)[C@@H]1C[C@@H](Oc2nc3ccccc3nc2-c2cccs2)CN1C(=O)[C@@H](NC(=O)OC(C)(C)C)C(C)(C)C)C(=O)O. The van der Waals surface area contributed by atoms with Crippen LogP contribution in [0.5, 0.6) is 5.88 Å². The topological polar surface area (TPSA) is 160 Å². The Balaban J connectivity index is 1.48. The zero-order valence-corrected chi connectivity index (χ0v) is 28.2. The minimum atomic E-state index is -1.50. The van der Waals surface area contributed by atoms with Crippen molar-refractivity contribution in [1.82, 2.24) is 25.5 Å². The van der Waals surface area contributed by atoms with Crippen LogP contribution in [0.4, 0.5) is 4.79 Å². The summed E-state index contributed by atoms with van der Waals surface area (Å²) in [7, 11) is 0. The molecule has 1 saturated carbocycles. The second-order valence-electron chi connectivity index (χ2n) is 14.1. The number of alkyl carbamates (subject to hydrolysis) is 1. The number of thiophene rings is 1. The van der Waals surface area contributed by atoms with Gasteiger partial charge in [0.2, 0.25) is 17.7 Å². The summed E-state index contributed by atoms with van der Waals surface area (Å²) in [6.07, 6.45) is 0.264. The zero-order chi connectivity index (χ0) is 34.3. The number of carboxylic acids is 1. The molecule has 1 saturated heterocycles. The lowest BCUT2D eigenvalue weighted by atomic mass is 9.85. The van der Waals surface area contributed by atoms with Gasteiger partial charge in [0.1, 0.15) is 35.0 Å². The van der Waals surface area contributed by atoms with Gasteiger partial charge in [-0.2, -0.15) is 0 Å². The van der Waals surface area contributed by atoms with E-state index < -0.39 is 64.5 Å². The molecule has 5 rings (SSSR count). The highest BCUT2D eigenvalue weighted by Crippen LogP contribution is 2.45. The van der Waals surface area contributed by atoms with E-state index in [-0.39, 0.29) is 25.3 Å². The molecule has 250 valence electrons. The molecule has 3 amide bonds. The van der Waals surface area contributed by atoms with Crippen LogP contribution in [-0.4, -0.2) is 79.7 Å². The molecule has 1 aliphatic carbocycles. The first-order valence-corrected chi connectivity index (χ1v) is 16.4. The molecule has 0 bridgehead atoms. The second kappa shape index (κ2) is 12.6. The summed E-state index contributed by atoms with van der Waals surface area (Å²) >= 11 is 1.47. The lowest BCUT2D eigenvalue weighted by molar-refractivity contribution is -0.146. The number of hydrogen-bond acceptors (Lipinski definition) is 9. The number of para-hydroxylation sites is 2. The van der Waals surface area contributed by atoms with Gasteiger partial charge in [0, 0.05) is 12.3 Å². The minimum absolute atomic E-state index is 0.0250.